The second-order valence-corrected chi connectivity index (χ2v) is 8.08. The average Bonchev–Trinajstić information content (AvgIpc) is 2.42. The van der Waals surface area contributed by atoms with E-state index in [1.54, 1.807) is 6.92 Å². The molecule has 0 saturated carbocycles. The Hall–Kier alpha value is -0.630. The average molecular weight is 351 g/mol. The minimum atomic E-state index is -0.187. The van der Waals surface area contributed by atoms with Crippen LogP contribution in [0.3, 0.4) is 0 Å². The van der Waals surface area contributed by atoms with Gasteiger partial charge in [0.1, 0.15) is 0 Å². The van der Waals surface area contributed by atoms with Gasteiger partial charge in [-0.25, -0.2) is 0 Å². The smallest absolute Gasteiger partial charge is 0.305 e. The van der Waals surface area contributed by atoms with Crippen molar-refractivity contribution in [3.05, 3.63) is 9.81 Å². The van der Waals surface area contributed by atoms with Crippen molar-refractivity contribution in [1.82, 2.24) is 0 Å². The summed E-state index contributed by atoms with van der Waals surface area (Å²) in [6.07, 6.45) is 3.42. The molecule has 2 unspecified atom stereocenters. The zero-order valence-corrected chi connectivity index (χ0v) is 15.4. The topological polar surface area (TPSA) is 85.2 Å². The third kappa shape index (κ3) is 10.2. The third-order valence-electron chi connectivity index (χ3n) is 3.27. The van der Waals surface area contributed by atoms with E-state index in [0.717, 1.165) is 43.2 Å². The van der Waals surface area contributed by atoms with Gasteiger partial charge in [-0.2, -0.15) is 0 Å². The number of hydrogen-bond donors (Lipinski definition) is 0. The Morgan fingerprint density at radius 1 is 1.14 bits per heavy atom. The van der Waals surface area contributed by atoms with E-state index in [0.29, 0.717) is 19.4 Å². The van der Waals surface area contributed by atoms with Crippen LogP contribution in [0, 0.1) is 15.2 Å². The van der Waals surface area contributed by atoms with Gasteiger partial charge < -0.3 is 4.74 Å². The van der Waals surface area contributed by atoms with Gasteiger partial charge in [0.2, 0.25) is 0 Å². The first kappa shape index (κ1) is 21.4. The van der Waals surface area contributed by atoms with Gasteiger partial charge >= 0.3 is 5.97 Å². The van der Waals surface area contributed by atoms with Gasteiger partial charge in [-0.3, -0.25) is 4.79 Å². The quantitative estimate of drug-likeness (QED) is 0.210. The van der Waals surface area contributed by atoms with Crippen molar-refractivity contribution in [2.75, 3.05) is 6.61 Å². The van der Waals surface area contributed by atoms with Crippen LogP contribution in [0.5, 0.6) is 0 Å². The number of hydrogen-bond acceptors (Lipinski definition) is 8. The van der Waals surface area contributed by atoms with Crippen LogP contribution >= 0.6 is 23.9 Å². The lowest BCUT2D eigenvalue weighted by atomic mass is 9.88. The number of esters is 1. The molecule has 128 valence electrons. The summed E-state index contributed by atoms with van der Waals surface area (Å²) >= 11 is 2.04. The maximum atomic E-state index is 11.3. The summed E-state index contributed by atoms with van der Waals surface area (Å²) in [6, 6.07) is 0. The van der Waals surface area contributed by atoms with E-state index < -0.39 is 0 Å². The van der Waals surface area contributed by atoms with Crippen LogP contribution in [-0.4, -0.2) is 23.1 Å². The van der Waals surface area contributed by atoms with Crippen molar-refractivity contribution in [2.24, 2.45) is 14.6 Å². The summed E-state index contributed by atoms with van der Waals surface area (Å²) in [6.45, 7) is 8.33. The third-order valence-corrected chi connectivity index (χ3v) is 5.32. The maximum Gasteiger partial charge on any atom is 0.305 e. The molecule has 0 aromatic carbocycles. The van der Waals surface area contributed by atoms with E-state index >= 15 is 0 Å². The van der Waals surface area contributed by atoms with Gasteiger partial charge in [0.25, 0.3) is 0 Å². The fourth-order valence-electron chi connectivity index (χ4n) is 1.99. The molecule has 0 fully saturated rings. The number of rotatable bonds is 12. The number of ether oxygens (including phenoxy) is 1. The van der Waals surface area contributed by atoms with Crippen LogP contribution in [-0.2, 0) is 9.53 Å². The van der Waals surface area contributed by atoms with Crippen LogP contribution in [0.25, 0.3) is 0 Å². The molecule has 0 heterocycles. The molecule has 8 heteroatoms. The second kappa shape index (κ2) is 11.9. The minimum Gasteiger partial charge on any atom is -0.466 e. The predicted octanol–water partition coefficient (Wildman–Crippen LogP) is 5.11. The fraction of sp³-hybridized carbons (Fsp3) is 0.929. The zero-order valence-electron chi connectivity index (χ0n) is 13.7. The molecular formula is C14H26N2O4S2. The molecule has 0 N–H and O–H groups in total. The van der Waals surface area contributed by atoms with Crippen LogP contribution in [0.4, 0.5) is 0 Å². The van der Waals surface area contributed by atoms with Crippen molar-refractivity contribution >= 4 is 29.9 Å². The Morgan fingerprint density at radius 3 is 2.27 bits per heavy atom. The lowest BCUT2D eigenvalue weighted by Crippen LogP contribution is -2.26. The molecule has 0 aliphatic rings. The SMILES string of the molecule is CCOC(=O)CCCCC(CC(SN=O)C(C)(C)C)SN=O. The number of nitroso groups, excluding NO2 is 2. The molecule has 0 rings (SSSR count). The van der Waals surface area contributed by atoms with Crippen molar-refractivity contribution in [3.8, 4) is 0 Å². The van der Waals surface area contributed by atoms with Gasteiger partial charge in [0.15, 0.2) is 0 Å². The largest absolute Gasteiger partial charge is 0.466 e. The fourth-order valence-corrected chi connectivity index (χ4v) is 3.53. The standard InChI is InChI=1S/C14H26N2O4S2/c1-5-20-13(17)9-7-6-8-11(21-15-18)10-12(22-16-19)14(2,3)4/h11-12H,5-10H2,1-4H3. The highest BCUT2D eigenvalue weighted by molar-refractivity contribution is 7.99. The molecule has 0 saturated heterocycles. The van der Waals surface area contributed by atoms with Gasteiger partial charge in [0, 0.05) is 50.0 Å². The number of carbonyl (C=O) groups excluding carboxylic acids is 1. The molecule has 0 amide bonds. The first-order chi connectivity index (χ1) is 10.3. The summed E-state index contributed by atoms with van der Waals surface area (Å²) in [4.78, 5) is 32.4. The number of unbranched alkanes of at least 4 members (excludes halogenated alkanes) is 1. The number of carbonyl (C=O) groups is 1. The van der Waals surface area contributed by atoms with Gasteiger partial charge in [0.05, 0.1) is 6.61 Å². The summed E-state index contributed by atoms with van der Waals surface area (Å²) in [7, 11) is 0. The van der Waals surface area contributed by atoms with Crippen LogP contribution in [0.1, 0.15) is 59.8 Å². The maximum absolute atomic E-state index is 11.3. The van der Waals surface area contributed by atoms with Crippen molar-refractivity contribution < 1.29 is 9.53 Å². The highest BCUT2D eigenvalue weighted by Crippen LogP contribution is 2.37. The normalized spacial score (nSPS) is 14.2. The summed E-state index contributed by atoms with van der Waals surface area (Å²) in [5.41, 5.74) is -0.0782. The van der Waals surface area contributed by atoms with Crippen molar-refractivity contribution in [3.63, 3.8) is 0 Å². The summed E-state index contributed by atoms with van der Waals surface area (Å²) in [5, 5.41) is 0.0764. The molecule has 0 bridgehead atoms. The summed E-state index contributed by atoms with van der Waals surface area (Å²) in [5.74, 6) is -0.187. The van der Waals surface area contributed by atoms with E-state index in [4.69, 9.17) is 4.74 Å². The minimum absolute atomic E-state index is 0.0364. The molecule has 2 atom stereocenters. The van der Waals surface area contributed by atoms with E-state index in [2.05, 4.69) is 9.16 Å². The molecule has 0 aromatic heterocycles. The highest BCUT2D eigenvalue weighted by atomic mass is 32.2. The molecule has 0 aliphatic heterocycles. The summed E-state index contributed by atoms with van der Waals surface area (Å²) < 4.78 is 10.7. The van der Waals surface area contributed by atoms with Crippen molar-refractivity contribution in [2.45, 2.75) is 70.3 Å². The molecule has 0 aromatic rings. The van der Waals surface area contributed by atoms with Gasteiger partial charge in [-0.1, -0.05) is 27.2 Å². The Bertz CT molecular complexity index is 348. The second-order valence-electron chi connectivity index (χ2n) is 6.12. The molecule has 22 heavy (non-hydrogen) atoms. The first-order valence-electron chi connectivity index (χ1n) is 7.47. The van der Waals surface area contributed by atoms with Crippen LogP contribution in [0.2, 0.25) is 0 Å². The predicted molar refractivity (Wildman–Crippen MR) is 93.5 cm³/mol. The van der Waals surface area contributed by atoms with Crippen LogP contribution in [0.15, 0.2) is 9.16 Å². The molecular weight excluding hydrogens is 324 g/mol. The van der Waals surface area contributed by atoms with Crippen molar-refractivity contribution in [1.29, 1.82) is 0 Å². The Labute approximate surface area is 141 Å². The molecule has 0 radical (unpaired) electrons. The van der Waals surface area contributed by atoms with E-state index in [9.17, 15) is 14.6 Å². The van der Waals surface area contributed by atoms with E-state index in [1.807, 2.05) is 20.8 Å². The van der Waals surface area contributed by atoms with E-state index in [-0.39, 0.29) is 21.9 Å². The zero-order chi connectivity index (χ0) is 17.0. The molecule has 0 spiro atoms. The Kier molecular flexibility index (Phi) is 11.5. The van der Waals surface area contributed by atoms with Crippen LogP contribution < -0.4 is 0 Å². The Morgan fingerprint density at radius 2 is 1.77 bits per heavy atom. The van der Waals surface area contributed by atoms with E-state index in [1.165, 1.54) is 0 Å². The van der Waals surface area contributed by atoms with Gasteiger partial charge in [-0.05, 0) is 31.6 Å². The molecule has 0 aliphatic carbocycles. The number of nitrogens with zero attached hydrogens (tertiary/aromatic N) is 2. The Balaban J connectivity index is 4.31. The monoisotopic (exact) mass is 350 g/mol. The lowest BCUT2D eigenvalue weighted by Gasteiger charge is -2.29. The molecule has 6 nitrogen and oxygen atoms in total. The van der Waals surface area contributed by atoms with Gasteiger partial charge in [-0.15, -0.1) is 9.81 Å². The first-order valence-corrected chi connectivity index (χ1v) is 9.15. The highest BCUT2D eigenvalue weighted by Gasteiger charge is 2.29. The lowest BCUT2D eigenvalue weighted by molar-refractivity contribution is -0.143.